The number of hydrogen-bond donors (Lipinski definition) is 3. The number of rotatable bonds is 5. The summed E-state index contributed by atoms with van der Waals surface area (Å²) in [7, 11) is 0. The highest BCUT2D eigenvalue weighted by atomic mass is 16.3. The topological polar surface area (TPSA) is 64.6 Å². The lowest BCUT2D eigenvalue weighted by Gasteiger charge is -2.18. The van der Waals surface area contributed by atoms with Gasteiger partial charge < -0.3 is 15.7 Å². The summed E-state index contributed by atoms with van der Waals surface area (Å²) in [5.41, 5.74) is 0. The van der Waals surface area contributed by atoms with E-state index < -0.39 is 0 Å². The Morgan fingerprint density at radius 1 is 1.50 bits per heavy atom. The lowest BCUT2D eigenvalue weighted by molar-refractivity contribution is -0.122. The zero-order valence-corrected chi connectivity index (χ0v) is 10.0. The lowest BCUT2D eigenvalue weighted by Crippen LogP contribution is -2.39. The average molecular weight is 229 g/mol. The molecule has 16 heavy (non-hydrogen) atoms. The van der Waals surface area contributed by atoms with Crippen LogP contribution in [-0.2, 0) is 4.79 Å². The molecule has 0 spiro atoms. The van der Waals surface area contributed by atoms with E-state index in [0.717, 1.165) is 32.6 Å². The first kappa shape index (κ1) is 13.4. The van der Waals surface area contributed by atoms with Crippen molar-refractivity contribution in [2.75, 3.05) is 39.3 Å². The molecule has 3 N–H and O–H groups in total. The number of aliphatic hydroxyl groups excluding tert-OH is 1. The molecular formula is C11H23N3O2. The Morgan fingerprint density at radius 3 is 3.06 bits per heavy atom. The van der Waals surface area contributed by atoms with Crippen LogP contribution in [0.15, 0.2) is 0 Å². The molecule has 0 aliphatic carbocycles. The monoisotopic (exact) mass is 229 g/mol. The standard InChI is InChI=1S/C11H23N3O2/c1-10(15)3-5-13-11(16)9-14-7-2-4-12-6-8-14/h10,12,15H,2-9H2,1H3,(H,13,16). The predicted molar refractivity (Wildman–Crippen MR) is 63.2 cm³/mol. The fourth-order valence-corrected chi connectivity index (χ4v) is 1.74. The maximum atomic E-state index is 11.6. The molecule has 0 bridgehead atoms. The van der Waals surface area contributed by atoms with Crippen LogP contribution in [0.3, 0.4) is 0 Å². The van der Waals surface area contributed by atoms with Crippen molar-refractivity contribution in [1.82, 2.24) is 15.5 Å². The van der Waals surface area contributed by atoms with Crippen molar-refractivity contribution in [1.29, 1.82) is 0 Å². The van der Waals surface area contributed by atoms with Crippen LogP contribution in [-0.4, -0.2) is 61.3 Å². The number of nitrogens with zero attached hydrogens (tertiary/aromatic N) is 1. The van der Waals surface area contributed by atoms with Crippen LogP contribution in [0, 0.1) is 0 Å². The molecule has 1 aliphatic heterocycles. The summed E-state index contributed by atoms with van der Waals surface area (Å²) in [6.07, 6.45) is 1.37. The number of carbonyl (C=O) groups excluding carboxylic acids is 1. The Labute approximate surface area is 97.2 Å². The van der Waals surface area contributed by atoms with E-state index in [1.54, 1.807) is 6.92 Å². The molecule has 1 fully saturated rings. The summed E-state index contributed by atoms with van der Waals surface area (Å²) in [6.45, 7) is 6.68. The van der Waals surface area contributed by atoms with Gasteiger partial charge in [0, 0.05) is 19.6 Å². The van der Waals surface area contributed by atoms with Crippen LogP contribution in [0.25, 0.3) is 0 Å². The van der Waals surface area contributed by atoms with E-state index in [0.29, 0.717) is 19.5 Å². The molecule has 0 aromatic heterocycles. The van der Waals surface area contributed by atoms with Crippen LogP contribution >= 0.6 is 0 Å². The van der Waals surface area contributed by atoms with Gasteiger partial charge in [-0.2, -0.15) is 0 Å². The van der Waals surface area contributed by atoms with Crippen molar-refractivity contribution in [3.05, 3.63) is 0 Å². The van der Waals surface area contributed by atoms with Crippen LogP contribution in [0.4, 0.5) is 0 Å². The average Bonchev–Trinajstić information content (AvgIpc) is 2.45. The molecule has 0 aromatic rings. The van der Waals surface area contributed by atoms with Gasteiger partial charge in [0.15, 0.2) is 0 Å². The van der Waals surface area contributed by atoms with E-state index in [-0.39, 0.29) is 12.0 Å². The third-order valence-corrected chi connectivity index (χ3v) is 2.68. The van der Waals surface area contributed by atoms with Crippen molar-refractivity contribution in [3.63, 3.8) is 0 Å². The molecule has 0 radical (unpaired) electrons. The fourth-order valence-electron chi connectivity index (χ4n) is 1.74. The molecule has 1 heterocycles. The molecule has 94 valence electrons. The smallest absolute Gasteiger partial charge is 0.234 e. The first-order valence-corrected chi connectivity index (χ1v) is 6.06. The third-order valence-electron chi connectivity index (χ3n) is 2.68. The van der Waals surface area contributed by atoms with Gasteiger partial charge in [-0.15, -0.1) is 0 Å². The lowest BCUT2D eigenvalue weighted by atomic mass is 10.3. The molecule has 1 saturated heterocycles. The number of hydrogen-bond acceptors (Lipinski definition) is 4. The second-order valence-electron chi connectivity index (χ2n) is 4.37. The van der Waals surface area contributed by atoms with Gasteiger partial charge >= 0.3 is 0 Å². The molecule has 1 rings (SSSR count). The highest BCUT2D eigenvalue weighted by molar-refractivity contribution is 5.77. The van der Waals surface area contributed by atoms with Gasteiger partial charge in [-0.1, -0.05) is 0 Å². The molecule has 5 heteroatoms. The Kier molecular flexibility index (Phi) is 6.37. The Bertz CT molecular complexity index is 201. The van der Waals surface area contributed by atoms with Gasteiger partial charge in [-0.05, 0) is 32.9 Å². The quantitative estimate of drug-likeness (QED) is 0.576. The maximum absolute atomic E-state index is 11.6. The van der Waals surface area contributed by atoms with Crippen molar-refractivity contribution in [2.24, 2.45) is 0 Å². The number of aliphatic hydroxyl groups is 1. The molecule has 1 amide bonds. The molecule has 0 saturated carbocycles. The Hall–Kier alpha value is -0.650. The van der Waals surface area contributed by atoms with Crippen LogP contribution in [0.2, 0.25) is 0 Å². The summed E-state index contributed by atoms with van der Waals surface area (Å²) in [6, 6.07) is 0. The molecule has 5 nitrogen and oxygen atoms in total. The third kappa shape index (κ3) is 6.05. The minimum Gasteiger partial charge on any atom is -0.393 e. The van der Waals surface area contributed by atoms with Gasteiger partial charge in [0.05, 0.1) is 12.6 Å². The first-order valence-electron chi connectivity index (χ1n) is 6.06. The van der Waals surface area contributed by atoms with E-state index in [4.69, 9.17) is 5.11 Å². The summed E-state index contributed by atoms with van der Waals surface area (Å²) in [4.78, 5) is 13.7. The van der Waals surface area contributed by atoms with E-state index in [1.165, 1.54) is 0 Å². The van der Waals surface area contributed by atoms with Crippen molar-refractivity contribution in [3.8, 4) is 0 Å². The maximum Gasteiger partial charge on any atom is 0.234 e. The van der Waals surface area contributed by atoms with Gasteiger partial charge in [-0.25, -0.2) is 0 Å². The van der Waals surface area contributed by atoms with Gasteiger partial charge in [0.2, 0.25) is 5.91 Å². The normalized spacial score (nSPS) is 20.1. The van der Waals surface area contributed by atoms with Crippen molar-refractivity contribution >= 4 is 5.91 Å². The first-order chi connectivity index (χ1) is 7.68. The van der Waals surface area contributed by atoms with E-state index >= 15 is 0 Å². The summed E-state index contributed by atoms with van der Waals surface area (Å²) < 4.78 is 0. The highest BCUT2D eigenvalue weighted by Gasteiger charge is 2.12. The van der Waals surface area contributed by atoms with Crippen molar-refractivity contribution in [2.45, 2.75) is 25.9 Å². The SMILES string of the molecule is CC(O)CCNC(=O)CN1CCCNCC1. The summed E-state index contributed by atoms with van der Waals surface area (Å²) in [5, 5.41) is 15.2. The minimum atomic E-state index is -0.345. The van der Waals surface area contributed by atoms with Crippen LogP contribution < -0.4 is 10.6 Å². The Morgan fingerprint density at radius 2 is 2.31 bits per heavy atom. The van der Waals surface area contributed by atoms with Crippen LogP contribution in [0.5, 0.6) is 0 Å². The van der Waals surface area contributed by atoms with Crippen LogP contribution in [0.1, 0.15) is 19.8 Å². The largest absolute Gasteiger partial charge is 0.393 e. The predicted octanol–water partition coefficient (Wildman–Crippen LogP) is -0.831. The second-order valence-corrected chi connectivity index (χ2v) is 4.37. The minimum absolute atomic E-state index is 0.0579. The number of amides is 1. The van der Waals surface area contributed by atoms with E-state index in [9.17, 15) is 4.79 Å². The molecule has 0 aromatic carbocycles. The van der Waals surface area contributed by atoms with Gasteiger partial charge in [-0.3, -0.25) is 9.69 Å². The molecule has 1 atom stereocenters. The molecular weight excluding hydrogens is 206 g/mol. The Balaban J connectivity index is 2.12. The molecule has 1 unspecified atom stereocenters. The van der Waals surface area contributed by atoms with Gasteiger partial charge in [0.1, 0.15) is 0 Å². The zero-order chi connectivity index (χ0) is 11.8. The second kappa shape index (κ2) is 7.60. The zero-order valence-electron chi connectivity index (χ0n) is 10.0. The van der Waals surface area contributed by atoms with Gasteiger partial charge in [0.25, 0.3) is 0 Å². The molecule has 1 aliphatic rings. The van der Waals surface area contributed by atoms with E-state index in [1.807, 2.05) is 0 Å². The highest BCUT2D eigenvalue weighted by Crippen LogP contribution is 1.94. The van der Waals surface area contributed by atoms with E-state index in [2.05, 4.69) is 15.5 Å². The summed E-state index contributed by atoms with van der Waals surface area (Å²) >= 11 is 0. The number of nitrogens with one attached hydrogen (secondary N) is 2. The fraction of sp³-hybridized carbons (Fsp3) is 0.909. The van der Waals surface area contributed by atoms with Crippen molar-refractivity contribution < 1.29 is 9.90 Å². The number of carbonyl (C=O) groups is 1. The summed E-state index contributed by atoms with van der Waals surface area (Å²) in [5.74, 6) is 0.0579.